The van der Waals surface area contributed by atoms with Crippen molar-refractivity contribution in [2.75, 3.05) is 20.7 Å². The van der Waals surface area contributed by atoms with E-state index in [1.807, 2.05) is 35.2 Å². The minimum atomic E-state index is -1.01. The first-order chi connectivity index (χ1) is 11.0. The monoisotopic (exact) mass is 317 g/mol. The Balaban J connectivity index is 1.90. The van der Waals surface area contributed by atoms with Crippen LogP contribution in [0, 0.1) is 0 Å². The summed E-state index contributed by atoms with van der Waals surface area (Å²) in [6.45, 7) is 0.813. The minimum absolute atomic E-state index is 0.237. The summed E-state index contributed by atoms with van der Waals surface area (Å²) in [7, 11) is 2.91. The Morgan fingerprint density at radius 2 is 2.04 bits per heavy atom. The van der Waals surface area contributed by atoms with Crippen molar-refractivity contribution in [1.82, 2.24) is 15.1 Å². The molecule has 2 aliphatic rings. The summed E-state index contributed by atoms with van der Waals surface area (Å²) in [5.41, 5.74) is 0.0240. The second-order valence-electron chi connectivity index (χ2n) is 5.98. The van der Waals surface area contributed by atoms with Gasteiger partial charge in [0.25, 0.3) is 5.91 Å². The lowest BCUT2D eigenvalue weighted by atomic mass is 9.95. The number of imide groups is 1. The highest BCUT2D eigenvalue weighted by Crippen LogP contribution is 2.36. The Labute approximate surface area is 134 Å². The molecule has 7 nitrogen and oxygen atoms in total. The zero-order valence-corrected chi connectivity index (χ0v) is 13.1. The first-order valence-electron chi connectivity index (χ1n) is 7.43. The molecule has 2 atom stereocenters. The maximum Gasteiger partial charge on any atom is 0.324 e. The van der Waals surface area contributed by atoms with Gasteiger partial charge in [-0.15, -0.1) is 0 Å². The number of esters is 1. The van der Waals surface area contributed by atoms with Gasteiger partial charge in [-0.1, -0.05) is 30.3 Å². The fraction of sp³-hybridized carbons (Fsp3) is 0.438. The van der Waals surface area contributed by atoms with E-state index in [1.54, 1.807) is 7.05 Å². The van der Waals surface area contributed by atoms with Crippen LogP contribution in [0.3, 0.4) is 0 Å². The highest BCUT2D eigenvalue weighted by molar-refractivity contribution is 6.07. The number of methoxy groups -OCH3 is 1. The molecule has 0 saturated carbocycles. The highest BCUT2D eigenvalue weighted by atomic mass is 16.5. The van der Waals surface area contributed by atoms with Crippen molar-refractivity contribution in [3.8, 4) is 0 Å². The van der Waals surface area contributed by atoms with Gasteiger partial charge in [0.2, 0.25) is 0 Å². The number of nitrogens with one attached hydrogen (secondary N) is 1. The number of ether oxygens (including phenoxy) is 1. The molecule has 2 saturated heterocycles. The van der Waals surface area contributed by atoms with E-state index in [0.717, 1.165) is 5.56 Å². The van der Waals surface area contributed by atoms with E-state index in [2.05, 4.69) is 5.32 Å². The molecular weight excluding hydrogens is 298 g/mol. The van der Waals surface area contributed by atoms with E-state index >= 15 is 0 Å². The van der Waals surface area contributed by atoms with Crippen LogP contribution in [-0.2, 0) is 20.9 Å². The van der Waals surface area contributed by atoms with Gasteiger partial charge >= 0.3 is 12.0 Å². The highest BCUT2D eigenvalue weighted by Gasteiger charge is 2.59. The number of amides is 3. The van der Waals surface area contributed by atoms with Crippen LogP contribution in [0.2, 0.25) is 0 Å². The SMILES string of the molecule is COC(=O)C1CC2(CN1Cc1ccccc1)C(=O)NC(=O)N2C. The maximum atomic E-state index is 12.3. The Kier molecular flexibility index (Phi) is 3.81. The second-order valence-corrected chi connectivity index (χ2v) is 5.98. The van der Waals surface area contributed by atoms with Crippen molar-refractivity contribution in [2.45, 2.75) is 24.5 Å². The van der Waals surface area contributed by atoms with Crippen molar-refractivity contribution in [3.63, 3.8) is 0 Å². The number of carbonyl (C=O) groups is 3. The average Bonchev–Trinajstić information content (AvgIpc) is 3.03. The molecule has 2 heterocycles. The van der Waals surface area contributed by atoms with E-state index in [4.69, 9.17) is 4.74 Å². The Bertz CT molecular complexity index is 648. The summed E-state index contributed by atoms with van der Waals surface area (Å²) < 4.78 is 4.89. The third-order valence-electron chi connectivity index (χ3n) is 4.73. The molecule has 0 aromatic heterocycles. The number of hydrogen-bond acceptors (Lipinski definition) is 5. The molecule has 1 aromatic rings. The smallest absolute Gasteiger partial charge is 0.324 e. The number of rotatable bonds is 3. The molecule has 2 unspecified atom stereocenters. The molecule has 1 spiro atoms. The zero-order valence-electron chi connectivity index (χ0n) is 13.1. The summed E-state index contributed by atoms with van der Waals surface area (Å²) in [5.74, 6) is -0.743. The van der Waals surface area contributed by atoms with E-state index < -0.39 is 23.6 Å². The maximum absolute atomic E-state index is 12.3. The molecule has 23 heavy (non-hydrogen) atoms. The summed E-state index contributed by atoms with van der Waals surface area (Å²) in [6.07, 6.45) is 0.237. The molecule has 0 bridgehead atoms. The molecule has 7 heteroatoms. The van der Waals surface area contributed by atoms with Crippen LogP contribution in [-0.4, -0.2) is 60.0 Å². The zero-order chi connectivity index (χ0) is 16.6. The normalized spacial score (nSPS) is 27.6. The van der Waals surface area contributed by atoms with Crippen LogP contribution in [0.25, 0.3) is 0 Å². The van der Waals surface area contributed by atoms with Crippen LogP contribution < -0.4 is 5.32 Å². The van der Waals surface area contributed by atoms with Gasteiger partial charge in [0, 0.05) is 26.6 Å². The number of nitrogens with zero attached hydrogens (tertiary/aromatic N) is 2. The van der Waals surface area contributed by atoms with Crippen LogP contribution in [0.4, 0.5) is 4.79 Å². The van der Waals surface area contributed by atoms with Crippen molar-refractivity contribution in [1.29, 1.82) is 0 Å². The first kappa shape index (κ1) is 15.5. The standard InChI is InChI=1S/C16H19N3O4/c1-18-15(22)17-14(21)16(18)8-12(13(20)23-2)19(10-16)9-11-6-4-3-5-7-11/h3-7,12H,8-10H2,1-2H3,(H,17,21,22). The minimum Gasteiger partial charge on any atom is -0.468 e. The van der Waals surface area contributed by atoms with E-state index in [-0.39, 0.29) is 12.3 Å². The largest absolute Gasteiger partial charge is 0.468 e. The van der Waals surface area contributed by atoms with Crippen molar-refractivity contribution in [2.24, 2.45) is 0 Å². The van der Waals surface area contributed by atoms with Gasteiger partial charge in [0.05, 0.1) is 7.11 Å². The summed E-state index contributed by atoms with van der Waals surface area (Å²) >= 11 is 0. The predicted molar refractivity (Wildman–Crippen MR) is 81.3 cm³/mol. The van der Waals surface area contributed by atoms with Gasteiger partial charge in [0.1, 0.15) is 11.6 Å². The lowest BCUT2D eigenvalue weighted by Crippen LogP contribution is -2.49. The average molecular weight is 317 g/mol. The van der Waals surface area contributed by atoms with Gasteiger partial charge in [-0.25, -0.2) is 4.79 Å². The summed E-state index contributed by atoms with van der Waals surface area (Å²) in [5, 5.41) is 2.33. The lowest BCUT2D eigenvalue weighted by molar-refractivity contribution is -0.146. The molecule has 1 aromatic carbocycles. The Hall–Kier alpha value is -2.41. The number of likely N-dealkylation sites (tertiary alicyclic amines) is 1. The van der Waals surface area contributed by atoms with Crippen molar-refractivity contribution >= 4 is 17.9 Å². The number of hydrogen-bond donors (Lipinski definition) is 1. The first-order valence-corrected chi connectivity index (χ1v) is 7.43. The fourth-order valence-electron chi connectivity index (χ4n) is 3.36. The third-order valence-corrected chi connectivity index (χ3v) is 4.73. The van der Waals surface area contributed by atoms with Gasteiger partial charge in [-0.2, -0.15) is 0 Å². The second kappa shape index (κ2) is 5.66. The molecule has 2 fully saturated rings. The quantitative estimate of drug-likeness (QED) is 0.643. The van der Waals surface area contributed by atoms with Gasteiger partial charge < -0.3 is 9.64 Å². The molecule has 1 N–H and O–H groups in total. The van der Waals surface area contributed by atoms with Crippen molar-refractivity contribution < 1.29 is 19.1 Å². The molecule has 0 radical (unpaired) electrons. The molecule has 122 valence electrons. The van der Waals surface area contributed by atoms with Crippen LogP contribution in [0.1, 0.15) is 12.0 Å². The van der Waals surface area contributed by atoms with E-state index in [0.29, 0.717) is 13.1 Å². The molecular formula is C16H19N3O4. The van der Waals surface area contributed by atoms with Gasteiger partial charge in [0.15, 0.2) is 0 Å². The van der Waals surface area contributed by atoms with Crippen LogP contribution in [0.5, 0.6) is 0 Å². The van der Waals surface area contributed by atoms with E-state index in [9.17, 15) is 14.4 Å². The molecule has 2 aliphatic heterocycles. The number of benzene rings is 1. The fourth-order valence-corrected chi connectivity index (χ4v) is 3.36. The Morgan fingerprint density at radius 1 is 1.35 bits per heavy atom. The number of carbonyl (C=O) groups excluding carboxylic acids is 3. The number of urea groups is 1. The summed E-state index contributed by atoms with van der Waals surface area (Å²) in [6, 6.07) is 8.70. The van der Waals surface area contributed by atoms with Crippen LogP contribution in [0.15, 0.2) is 30.3 Å². The lowest BCUT2D eigenvalue weighted by Gasteiger charge is -2.28. The Morgan fingerprint density at radius 3 is 2.61 bits per heavy atom. The topological polar surface area (TPSA) is 79.0 Å². The molecule has 3 amide bonds. The van der Waals surface area contributed by atoms with Crippen LogP contribution >= 0.6 is 0 Å². The van der Waals surface area contributed by atoms with Gasteiger partial charge in [-0.05, 0) is 5.56 Å². The van der Waals surface area contributed by atoms with Crippen molar-refractivity contribution in [3.05, 3.63) is 35.9 Å². The molecule has 3 rings (SSSR count). The third kappa shape index (κ3) is 2.46. The van der Waals surface area contributed by atoms with E-state index in [1.165, 1.54) is 12.0 Å². The summed E-state index contributed by atoms with van der Waals surface area (Å²) in [4.78, 5) is 39.6. The predicted octanol–water partition coefficient (Wildman–Crippen LogP) is 0.354. The molecule has 0 aliphatic carbocycles. The van der Waals surface area contributed by atoms with Gasteiger partial charge in [-0.3, -0.25) is 19.8 Å². The number of likely N-dealkylation sites (N-methyl/N-ethyl adjacent to an activating group) is 1.